The number of aryl methyl sites for hydroxylation is 1. The van der Waals surface area contributed by atoms with E-state index in [2.05, 4.69) is 54.0 Å². The summed E-state index contributed by atoms with van der Waals surface area (Å²) in [5, 5.41) is 0. The van der Waals surface area contributed by atoms with Gasteiger partial charge >= 0.3 is 0 Å². The summed E-state index contributed by atoms with van der Waals surface area (Å²) in [5.74, 6) is 1.02. The molecule has 0 saturated carbocycles. The molecular formula is C30H36N4O2. The lowest BCUT2D eigenvalue weighted by molar-refractivity contribution is 0.0985. The van der Waals surface area contributed by atoms with Crippen molar-refractivity contribution in [2.45, 2.75) is 39.3 Å². The molecule has 0 unspecified atom stereocenters. The molecule has 188 valence electrons. The summed E-state index contributed by atoms with van der Waals surface area (Å²) in [6.07, 6.45) is 2.07. The van der Waals surface area contributed by atoms with E-state index in [9.17, 15) is 4.79 Å². The number of nitrogens with two attached hydrogens (primary N) is 1. The van der Waals surface area contributed by atoms with Crippen LogP contribution in [0.1, 0.15) is 41.8 Å². The molecule has 1 saturated heterocycles. The maximum Gasteiger partial charge on any atom is 0.258 e. The zero-order chi connectivity index (χ0) is 25.1. The summed E-state index contributed by atoms with van der Waals surface area (Å²) in [6, 6.07) is 22.3. The molecule has 36 heavy (non-hydrogen) atoms. The van der Waals surface area contributed by atoms with Crippen molar-refractivity contribution in [3.63, 3.8) is 0 Å². The van der Waals surface area contributed by atoms with Crippen LogP contribution in [0.15, 0.2) is 66.7 Å². The van der Waals surface area contributed by atoms with Crippen LogP contribution in [0.25, 0.3) is 0 Å². The molecule has 0 aromatic heterocycles. The van der Waals surface area contributed by atoms with Crippen molar-refractivity contribution < 1.29 is 9.53 Å². The van der Waals surface area contributed by atoms with Crippen molar-refractivity contribution in [3.05, 3.63) is 83.4 Å². The van der Waals surface area contributed by atoms with Crippen molar-refractivity contribution in [2.24, 2.45) is 0 Å². The third-order valence-electron chi connectivity index (χ3n) is 6.99. The van der Waals surface area contributed by atoms with Gasteiger partial charge in [-0.3, -0.25) is 9.69 Å². The van der Waals surface area contributed by atoms with Gasteiger partial charge in [-0.15, -0.1) is 0 Å². The van der Waals surface area contributed by atoms with Gasteiger partial charge in [-0.1, -0.05) is 24.3 Å². The van der Waals surface area contributed by atoms with E-state index in [0.717, 1.165) is 80.4 Å². The second kappa shape index (κ2) is 10.6. The second-order valence-electron chi connectivity index (χ2n) is 10.0. The number of nitrogen functional groups attached to an aromatic ring is 1. The minimum Gasteiger partial charge on any atom is -0.489 e. The van der Waals surface area contributed by atoms with Crippen molar-refractivity contribution >= 4 is 23.0 Å². The van der Waals surface area contributed by atoms with Gasteiger partial charge in [0.15, 0.2) is 0 Å². The Labute approximate surface area is 214 Å². The Morgan fingerprint density at radius 3 is 2.53 bits per heavy atom. The van der Waals surface area contributed by atoms with Crippen molar-refractivity contribution in [3.8, 4) is 5.75 Å². The number of amides is 1. The van der Waals surface area contributed by atoms with Gasteiger partial charge in [-0.2, -0.15) is 0 Å². The molecule has 0 radical (unpaired) electrons. The van der Waals surface area contributed by atoms with Crippen LogP contribution in [0.3, 0.4) is 0 Å². The fourth-order valence-corrected chi connectivity index (χ4v) is 5.26. The Morgan fingerprint density at radius 1 is 0.917 bits per heavy atom. The number of ether oxygens (including phenoxy) is 1. The van der Waals surface area contributed by atoms with Gasteiger partial charge in [-0.05, 0) is 80.3 Å². The van der Waals surface area contributed by atoms with Crippen LogP contribution in [-0.4, -0.2) is 49.6 Å². The van der Waals surface area contributed by atoms with E-state index in [0.29, 0.717) is 0 Å². The maximum absolute atomic E-state index is 13.5. The Bertz CT molecular complexity index is 1220. The Kier molecular flexibility index (Phi) is 7.14. The molecule has 6 nitrogen and oxygen atoms in total. The van der Waals surface area contributed by atoms with Gasteiger partial charge in [0.05, 0.1) is 11.8 Å². The quantitative estimate of drug-likeness (QED) is 0.501. The molecule has 1 amide bonds. The summed E-state index contributed by atoms with van der Waals surface area (Å²) >= 11 is 0. The average Bonchev–Trinajstić information content (AvgIpc) is 2.88. The first kappa shape index (κ1) is 24.2. The minimum atomic E-state index is 0.0640. The van der Waals surface area contributed by atoms with E-state index in [1.165, 1.54) is 11.3 Å². The fourth-order valence-electron chi connectivity index (χ4n) is 5.26. The lowest BCUT2D eigenvalue weighted by Gasteiger charge is -2.37. The number of hydrogen-bond acceptors (Lipinski definition) is 5. The molecular weight excluding hydrogens is 448 g/mol. The van der Waals surface area contributed by atoms with Gasteiger partial charge in [0, 0.05) is 56.2 Å². The zero-order valence-corrected chi connectivity index (χ0v) is 21.3. The molecule has 2 N–H and O–H groups in total. The smallest absolute Gasteiger partial charge is 0.258 e. The Balaban J connectivity index is 1.23. The number of piperazine rings is 1. The first-order chi connectivity index (χ1) is 17.5. The minimum absolute atomic E-state index is 0.0640. The van der Waals surface area contributed by atoms with Gasteiger partial charge in [0.25, 0.3) is 5.91 Å². The van der Waals surface area contributed by atoms with Crippen LogP contribution in [0.2, 0.25) is 0 Å². The van der Waals surface area contributed by atoms with Gasteiger partial charge in [0.1, 0.15) is 5.75 Å². The second-order valence-corrected chi connectivity index (χ2v) is 10.0. The Hall–Kier alpha value is -3.51. The predicted octanol–water partition coefficient (Wildman–Crippen LogP) is 4.97. The number of rotatable bonds is 6. The normalized spacial score (nSPS) is 16.2. The number of benzene rings is 3. The number of fused-ring (bicyclic) bond motifs is 1. The lowest BCUT2D eigenvalue weighted by Crippen LogP contribution is -2.46. The number of anilines is 3. The summed E-state index contributed by atoms with van der Waals surface area (Å²) in [5.41, 5.74) is 12.0. The highest BCUT2D eigenvalue weighted by Crippen LogP contribution is 2.31. The molecule has 0 spiro atoms. The molecule has 5 rings (SSSR count). The number of nitrogens with zero attached hydrogens (tertiary/aromatic N) is 3. The first-order valence-corrected chi connectivity index (χ1v) is 13.0. The summed E-state index contributed by atoms with van der Waals surface area (Å²) < 4.78 is 6.04. The van der Waals surface area contributed by atoms with Crippen LogP contribution in [0.5, 0.6) is 5.75 Å². The summed E-state index contributed by atoms with van der Waals surface area (Å²) in [4.78, 5) is 20.2. The molecule has 3 aromatic rings. The highest BCUT2D eigenvalue weighted by molar-refractivity contribution is 6.07. The number of carbonyl (C=O) groups excluding carboxylic acids is 1. The predicted molar refractivity (Wildman–Crippen MR) is 147 cm³/mol. The SMILES string of the molecule is CC(C)Oc1ccccc1N1CCN(Cc2cccc(C(=O)N3CCCc4cc(N)ccc43)c2)CC1. The Morgan fingerprint density at radius 2 is 1.72 bits per heavy atom. The molecule has 0 bridgehead atoms. The van der Waals surface area contributed by atoms with Crippen LogP contribution < -0.4 is 20.3 Å². The van der Waals surface area contributed by atoms with Crippen molar-refractivity contribution in [1.82, 2.24) is 4.90 Å². The van der Waals surface area contributed by atoms with Gasteiger partial charge in [-0.25, -0.2) is 0 Å². The van der Waals surface area contributed by atoms with Crippen LogP contribution in [-0.2, 0) is 13.0 Å². The van der Waals surface area contributed by atoms with Crippen LogP contribution in [0.4, 0.5) is 17.1 Å². The summed E-state index contributed by atoms with van der Waals surface area (Å²) in [7, 11) is 0. The van der Waals surface area contributed by atoms with Crippen molar-refractivity contribution in [2.75, 3.05) is 48.3 Å². The molecule has 6 heteroatoms. The highest BCUT2D eigenvalue weighted by atomic mass is 16.5. The van der Waals surface area contributed by atoms with E-state index >= 15 is 0 Å². The fraction of sp³-hybridized carbons (Fsp3) is 0.367. The monoisotopic (exact) mass is 484 g/mol. The van der Waals surface area contributed by atoms with E-state index in [1.54, 1.807) is 0 Å². The average molecular weight is 485 g/mol. The molecule has 0 aliphatic carbocycles. The zero-order valence-electron chi connectivity index (χ0n) is 21.3. The lowest BCUT2D eigenvalue weighted by atomic mass is 9.99. The van der Waals surface area contributed by atoms with Crippen LogP contribution in [0, 0.1) is 0 Å². The van der Waals surface area contributed by atoms with E-state index in [-0.39, 0.29) is 12.0 Å². The molecule has 0 atom stereocenters. The topological polar surface area (TPSA) is 62.0 Å². The highest BCUT2D eigenvalue weighted by Gasteiger charge is 2.25. The van der Waals surface area contributed by atoms with E-state index in [1.807, 2.05) is 41.3 Å². The molecule has 2 aliphatic rings. The molecule has 2 heterocycles. The van der Waals surface area contributed by atoms with Gasteiger partial charge in [0.2, 0.25) is 0 Å². The third kappa shape index (κ3) is 5.34. The molecule has 3 aromatic carbocycles. The van der Waals surface area contributed by atoms with Crippen molar-refractivity contribution in [1.29, 1.82) is 0 Å². The maximum atomic E-state index is 13.5. The van der Waals surface area contributed by atoms with Crippen LogP contribution >= 0.6 is 0 Å². The first-order valence-electron chi connectivity index (χ1n) is 13.0. The third-order valence-corrected chi connectivity index (χ3v) is 6.99. The van der Waals surface area contributed by atoms with E-state index in [4.69, 9.17) is 10.5 Å². The number of carbonyl (C=O) groups is 1. The number of para-hydroxylation sites is 2. The largest absolute Gasteiger partial charge is 0.489 e. The molecule has 2 aliphatic heterocycles. The number of hydrogen-bond donors (Lipinski definition) is 1. The standard InChI is InChI=1S/C30H36N4O2/c1-22(2)36-29-11-4-3-10-28(29)33-17-15-32(16-18-33)21-23-7-5-8-25(19-23)30(35)34-14-6-9-24-20-26(31)12-13-27(24)34/h3-5,7-8,10-13,19-20,22H,6,9,14-18,21,31H2,1-2H3. The van der Waals surface area contributed by atoms with Gasteiger partial charge < -0.3 is 20.3 Å². The van der Waals surface area contributed by atoms with E-state index < -0.39 is 0 Å². The summed E-state index contributed by atoms with van der Waals surface area (Å²) in [6.45, 7) is 9.54. The molecule has 1 fully saturated rings.